The molecule has 0 fully saturated rings. The molecule has 1 aliphatic rings. The lowest BCUT2D eigenvalue weighted by molar-refractivity contribution is 0.176. The molecule has 20 heavy (non-hydrogen) atoms. The Morgan fingerprint density at radius 1 is 1.05 bits per heavy atom. The van der Waals surface area contributed by atoms with Crippen molar-refractivity contribution in [2.75, 3.05) is 0 Å². The molecular formula is C16H13Cl3O. The van der Waals surface area contributed by atoms with Gasteiger partial charge in [0.2, 0.25) is 0 Å². The predicted octanol–water partition coefficient (Wildman–Crippen LogP) is 5.80. The van der Waals surface area contributed by atoms with Crippen molar-refractivity contribution >= 4 is 34.8 Å². The van der Waals surface area contributed by atoms with Gasteiger partial charge in [-0.3, -0.25) is 0 Å². The Balaban J connectivity index is 1.86. The van der Waals surface area contributed by atoms with Crippen molar-refractivity contribution in [3.05, 3.63) is 63.1 Å². The second-order valence-corrected chi connectivity index (χ2v) is 5.98. The van der Waals surface area contributed by atoms with Gasteiger partial charge in [0.1, 0.15) is 11.9 Å². The van der Waals surface area contributed by atoms with Crippen molar-refractivity contribution in [2.45, 2.75) is 24.8 Å². The van der Waals surface area contributed by atoms with Crippen LogP contribution in [0.1, 0.15) is 29.2 Å². The molecule has 1 atom stereocenters. The van der Waals surface area contributed by atoms with Gasteiger partial charge in [-0.2, -0.15) is 0 Å². The molecule has 2 aromatic carbocycles. The molecule has 0 amide bonds. The lowest BCUT2D eigenvalue weighted by Gasteiger charge is -2.27. The van der Waals surface area contributed by atoms with E-state index < -0.39 is 0 Å². The van der Waals surface area contributed by atoms with Crippen LogP contribution in [0, 0.1) is 0 Å². The smallest absolute Gasteiger partial charge is 0.124 e. The summed E-state index contributed by atoms with van der Waals surface area (Å²) < 4.78 is 6.07. The fourth-order valence-electron chi connectivity index (χ4n) is 2.47. The van der Waals surface area contributed by atoms with Crippen molar-refractivity contribution in [1.29, 1.82) is 0 Å². The zero-order chi connectivity index (χ0) is 14.1. The zero-order valence-electron chi connectivity index (χ0n) is 10.7. The minimum absolute atomic E-state index is 0.0270. The number of alkyl halides is 1. The van der Waals surface area contributed by atoms with Gasteiger partial charge in [0, 0.05) is 5.88 Å². The molecule has 0 radical (unpaired) electrons. The lowest BCUT2D eigenvalue weighted by Crippen LogP contribution is -2.15. The molecule has 1 aliphatic heterocycles. The highest BCUT2D eigenvalue weighted by Gasteiger charge is 2.22. The summed E-state index contributed by atoms with van der Waals surface area (Å²) in [4.78, 5) is 0. The molecule has 0 aromatic heterocycles. The fraction of sp³-hybridized carbons (Fsp3) is 0.250. The van der Waals surface area contributed by atoms with E-state index in [0.717, 1.165) is 29.7 Å². The second-order valence-electron chi connectivity index (χ2n) is 4.89. The summed E-state index contributed by atoms with van der Waals surface area (Å²) in [6, 6.07) is 11.8. The maximum absolute atomic E-state index is 6.07. The molecule has 104 valence electrons. The van der Waals surface area contributed by atoms with E-state index >= 15 is 0 Å². The van der Waals surface area contributed by atoms with Crippen LogP contribution < -0.4 is 4.74 Å². The topological polar surface area (TPSA) is 9.23 Å². The van der Waals surface area contributed by atoms with Crippen LogP contribution in [0.5, 0.6) is 5.75 Å². The summed E-state index contributed by atoms with van der Waals surface area (Å²) in [7, 11) is 0. The molecule has 1 nitrogen and oxygen atoms in total. The van der Waals surface area contributed by atoms with Crippen molar-refractivity contribution in [2.24, 2.45) is 0 Å². The van der Waals surface area contributed by atoms with Crippen LogP contribution in [0.25, 0.3) is 0 Å². The van der Waals surface area contributed by atoms with Gasteiger partial charge in [0.05, 0.1) is 10.0 Å². The van der Waals surface area contributed by atoms with E-state index in [0.29, 0.717) is 15.9 Å². The van der Waals surface area contributed by atoms with Gasteiger partial charge in [-0.25, -0.2) is 0 Å². The molecule has 1 heterocycles. The molecule has 0 spiro atoms. The van der Waals surface area contributed by atoms with Gasteiger partial charge in [-0.15, -0.1) is 11.6 Å². The standard InChI is InChI=1S/C16H13Cl3O/c17-9-10-1-5-15-11(7-10)3-6-16(20-15)12-2-4-13(18)14(19)8-12/h1-2,4-5,7-8,16H,3,6,9H2. The van der Waals surface area contributed by atoms with E-state index in [1.54, 1.807) is 0 Å². The van der Waals surface area contributed by atoms with Crippen molar-refractivity contribution in [3.8, 4) is 5.75 Å². The first-order valence-corrected chi connectivity index (χ1v) is 7.76. The maximum atomic E-state index is 6.07. The highest BCUT2D eigenvalue weighted by Crippen LogP contribution is 2.37. The second kappa shape index (κ2) is 5.85. The first-order valence-electron chi connectivity index (χ1n) is 6.47. The number of hydrogen-bond acceptors (Lipinski definition) is 1. The third-order valence-electron chi connectivity index (χ3n) is 3.54. The SMILES string of the molecule is ClCc1ccc2c(c1)CCC(c1ccc(Cl)c(Cl)c1)O2. The van der Waals surface area contributed by atoms with Gasteiger partial charge in [-0.05, 0) is 47.7 Å². The van der Waals surface area contributed by atoms with E-state index in [9.17, 15) is 0 Å². The number of ether oxygens (including phenoxy) is 1. The summed E-state index contributed by atoms with van der Waals surface area (Å²) in [5.74, 6) is 1.46. The highest BCUT2D eigenvalue weighted by atomic mass is 35.5. The summed E-state index contributed by atoms with van der Waals surface area (Å²) in [6.45, 7) is 0. The van der Waals surface area contributed by atoms with Gasteiger partial charge in [0.15, 0.2) is 0 Å². The summed E-state index contributed by atoms with van der Waals surface area (Å²) in [5, 5.41) is 1.13. The first kappa shape index (κ1) is 14.1. The Kier molecular flexibility index (Phi) is 4.11. The highest BCUT2D eigenvalue weighted by molar-refractivity contribution is 6.42. The molecule has 1 unspecified atom stereocenters. The molecule has 0 N–H and O–H groups in total. The van der Waals surface area contributed by atoms with Gasteiger partial charge >= 0.3 is 0 Å². The minimum Gasteiger partial charge on any atom is -0.485 e. The van der Waals surface area contributed by atoms with Crippen LogP contribution >= 0.6 is 34.8 Å². The number of hydrogen-bond donors (Lipinski definition) is 0. The molecule has 0 saturated heterocycles. The number of benzene rings is 2. The van der Waals surface area contributed by atoms with E-state index in [1.165, 1.54) is 5.56 Å². The largest absolute Gasteiger partial charge is 0.485 e. The number of rotatable bonds is 2. The minimum atomic E-state index is 0.0270. The van der Waals surface area contributed by atoms with Crippen molar-refractivity contribution in [1.82, 2.24) is 0 Å². The van der Waals surface area contributed by atoms with Crippen LogP contribution in [-0.2, 0) is 12.3 Å². The Bertz CT molecular complexity index is 640. The van der Waals surface area contributed by atoms with Crippen LogP contribution in [0.4, 0.5) is 0 Å². The number of aryl methyl sites for hydroxylation is 1. The zero-order valence-corrected chi connectivity index (χ0v) is 13.0. The van der Waals surface area contributed by atoms with Crippen LogP contribution in [0.2, 0.25) is 10.0 Å². The molecule has 0 saturated carbocycles. The van der Waals surface area contributed by atoms with Crippen molar-refractivity contribution in [3.63, 3.8) is 0 Å². The lowest BCUT2D eigenvalue weighted by atomic mass is 9.96. The van der Waals surface area contributed by atoms with Crippen LogP contribution in [0.3, 0.4) is 0 Å². The average molecular weight is 328 g/mol. The average Bonchev–Trinajstić information content (AvgIpc) is 2.49. The Labute approximate surface area is 133 Å². The molecule has 0 aliphatic carbocycles. The first-order chi connectivity index (χ1) is 9.67. The quantitative estimate of drug-likeness (QED) is 0.633. The normalized spacial score (nSPS) is 17.4. The van der Waals surface area contributed by atoms with Crippen molar-refractivity contribution < 1.29 is 4.74 Å². The Morgan fingerprint density at radius 3 is 2.65 bits per heavy atom. The third kappa shape index (κ3) is 2.76. The summed E-state index contributed by atoms with van der Waals surface area (Å²) >= 11 is 17.9. The number of halogens is 3. The predicted molar refractivity (Wildman–Crippen MR) is 84.2 cm³/mol. The van der Waals surface area contributed by atoms with Gasteiger partial charge in [-0.1, -0.05) is 41.4 Å². The summed E-state index contributed by atoms with van der Waals surface area (Å²) in [6.07, 6.45) is 1.93. The van der Waals surface area contributed by atoms with Crippen LogP contribution in [-0.4, -0.2) is 0 Å². The molecular weight excluding hydrogens is 315 g/mol. The van der Waals surface area contributed by atoms with Gasteiger partial charge < -0.3 is 4.74 Å². The number of fused-ring (bicyclic) bond motifs is 1. The molecule has 3 rings (SSSR count). The fourth-order valence-corrected chi connectivity index (χ4v) is 2.95. The molecule has 4 heteroatoms. The van der Waals surface area contributed by atoms with E-state index in [1.807, 2.05) is 30.3 Å². The molecule has 2 aromatic rings. The van der Waals surface area contributed by atoms with E-state index in [-0.39, 0.29) is 6.10 Å². The Hall–Kier alpha value is -0.890. The summed E-state index contributed by atoms with van der Waals surface area (Å²) in [5.41, 5.74) is 3.41. The maximum Gasteiger partial charge on any atom is 0.124 e. The third-order valence-corrected chi connectivity index (χ3v) is 4.59. The Morgan fingerprint density at radius 2 is 1.90 bits per heavy atom. The van der Waals surface area contributed by atoms with E-state index in [4.69, 9.17) is 39.5 Å². The van der Waals surface area contributed by atoms with E-state index in [2.05, 4.69) is 6.07 Å². The monoisotopic (exact) mass is 326 g/mol. The van der Waals surface area contributed by atoms with Gasteiger partial charge in [0.25, 0.3) is 0 Å². The van der Waals surface area contributed by atoms with Crippen LogP contribution in [0.15, 0.2) is 36.4 Å². The molecule has 0 bridgehead atoms.